The van der Waals surface area contributed by atoms with E-state index >= 15 is 0 Å². The van der Waals surface area contributed by atoms with Crippen molar-refractivity contribution >= 4 is 17.6 Å². The van der Waals surface area contributed by atoms with Gasteiger partial charge in [0.25, 0.3) is 0 Å². The van der Waals surface area contributed by atoms with E-state index in [0.717, 1.165) is 0 Å². The Morgan fingerprint density at radius 2 is 1.00 bits per heavy atom. The van der Waals surface area contributed by atoms with Gasteiger partial charge in [-0.2, -0.15) is 0 Å². The second-order valence-electron chi connectivity index (χ2n) is 13.8. The third kappa shape index (κ3) is 4.47. The van der Waals surface area contributed by atoms with Crippen molar-refractivity contribution in [3.05, 3.63) is 129 Å². The zero-order chi connectivity index (χ0) is 29.8. The van der Waals surface area contributed by atoms with Gasteiger partial charge < -0.3 is 0 Å². The summed E-state index contributed by atoms with van der Waals surface area (Å²) < 4.78 is 6.89. The molecule has 0 bridgehead atoms. The molecule has 2 aliphatic carbocycles. The first-order chi connectivity index (χ1) is 20.1. The van der Waals surface area contributed by atoms with Crippen molar-refractivity contribution in [2.75, 3.05) is 0 Å². The molecule has 2 aliphatic rings. The molecule has 0 saturated heterocycles. The molecule has 2 atom stereocenters. The van der Waals surface area contributed by atoms with Crippen LogP contribution in [0.15, 0.2) is 84.9 Å². The van der Waals surface area contributed by atoms with Crippen molar-refractivity contribution in [1.82, 2.24) is 0 Å². The Morgan fingerprint density at radius 1 is 0.571 bits per heavy atom. The third-order valence-electron chi connectivity index (χ3n) is 11.1. The van der Waals surface area contributed by atoms with Crippen LogP contribution in [-0.2, 0) is 17.1 Å². The van der Waals surface area contributed by atoms with Gasteiger partial charge in [-0.25, -0.2) is 0 Å². The molecule has 6 rings (SSSR count). The minimum atomic E-state index is -3.80. The second-order valence-corrected chi connectivity index (χ2v) is 60.2. The van der Waals surface area contributed by atoms with Crippen LogP contribution in [0.3, 0.4) is 0 Å². The number of hydrogen-bond donors (Lipinski definition) is 0. The van der Waals surface area contributed by atoms with Crippen molar-refractivity contribution in [3.8, 4) is 22.3 Å². The molecule has 214 valence electrons. The van der Waals surface area contributed by atoms with Gasteiger partial charge >= 0.3 is 257 Å². The van der Waals surface area contributed by atoms with E-state index in [-0.39, 0.29) is 0 Å². The van der Waals surface area contributed by atoms with Crippen LogP contribution in [0.25, 0.3) is 34.4 Å². The van der Waals surface area contributed by atoms with Crippen LogP contribution in [-0.4, -0.2) is 5.49 Å². The number of benzene rings is 4. The molecule has 4 aromatic carbocycles. The summed E-state index contributed by atoms with van der Waals surface area (Å²) in [4.78, 5) is 0. The van der Waals surface area contributed by atoms with E-state index in [1.807, 2.05) is 0 Å². The zero-order valence-electron chi connectivity index (χ0n) is 26.8. The monoisotopic (exact) mass is 734 g/mol. The van der Waals surface area contributed by atoms with Gasteiger partial charge in [-0.05, 0) is 0 Å². The molecule has 0 N–H and O–H groups in total. The summed E-state index contributed by atoms with van der Waals surface area (Å²) in [5, 5.41) is 0. The molecule has 0 heterocycles. The van der Waals surface area contributed by atoms with E-state index in [1.165, 1.54) is 67.7 Å². The zero-order valence-corrected chi connectivity index (χ0v) is 31.4. The molecule has 0 aliphatic heterocycles. The summed E-state index contributed by atoms with van der Waals surface area (Å²) in [5.41, 5.74) is 16.6. The molecule has 2 heteroatoms. The van der Waals surface area contributed by atoms with E-state index in [1.54, 1.807) is 11.1 Å². The Kier molecular flexibility index (Phi) is 7.63. The molecule has 42 heavy (non-hydrogen) atoms. The van der Waals surface area contributed by atoms with Gasteiger partial charge in [0.1, 0.15) is 0 Å². The quantitative estimate of drug-likeness (QED) is 0.173. The molecule has 0 fully saturated rings. The SMILES string of the molecule is CC[Si](CC)=[Hf]([CH3])([CH3])([CH]1C=Cc2c(-c3cc(C)ccc3C)cccc21)[CH]1C=Cc2c(-c3cc(C)ccc3C)cccc21. The van der Waals surface area contributed by atoms with Gasteiger partial charge in [0.05, 0.1) is 0 Å². The fraction of sp³-hybridized carbons (Fsp3) is 0.300. The number of fused-ring (bicyclic) bond motifs is 2. The molecule has 0 nitrogen and oxygen atoms in total. The molecule has 0 radical (unpaired) electrons. The summed E-state index contributed by atoms with van der Waals surface area (Å²) in [6.07, 6.45) is 10.4. The Hall–Kier alpha value is -2.55. The molecule has 0 saturated carbocycles. The van der Waals surface area contributed by atoms with Crippen LogP contribution < -0.4 is 0 Å². The van der Waals surface area contributed by atoms with E-state index in [9.17, 15) is 0 Å². The van der Waals surface area contributed by atoms with Gasteiger partial charge in [-0.3, -0.25) is 0 Å². The summed E-state index contributed by atoms with van der Waals surface area (Å²) in [7, 11) is 0. The molecule has 0 aromatic heterocycles. The van der Waals surface area contributed by atoms with Crippen LogP contribution in [0.5, 0.6) is 0 Å². The first kappa shape index (κ1) is 29.5. The van der Waals surface area contributed by atoms with Crippen LogP contribution in [0, 0.1) is 27.7 Å². The van der Waals surface area contributed by atoms with E-state index in [2.05, 4.69) is 148 Å². The van der Waals surface area contributed by atoms with Crippen molar-refractivity contribution in [3.63, 3.8) is 0 Å². The first-order valence-electron chi connectivity index (χ1n) is 15.9. The molecule has 0 amide bonds. The molecule has 2 unspecified atom stereocenters. The molecule has 0 spiro atoms. The van der Waals surface area contributed by atoms with Crippen LogP contribution in [0.1, 0.15) is 65.7 Å². The van der Waals surface area contributed by atoms with E-state index < -0.39 is 22.6 Å². The average Bonchev–Trinajstić information content (AvgIpc) is 3.62. The van der Waals surface area contributed by atoms with Gasteiger partial charge in [0, 0.05) is 0 Å². The average molecular weight is 733 g/mol. The van der Waals surface area contributed by atoms with Crippen LogP contribution in [0.2, 0.25) is 21.4 Å². The van der Waals surface area contributed by atoms with Gasteiger partial charge in [-0.15, -0.1) is 0 Å². The summed E-state index contributed by atoms with van der Waals surface area (Å²) in [5.74, 6) is 0. The molecule has 4 aromatic rings. The summed E-state index contributed by atoms with van der Waals surface area (Å²) >= 11 is -3.80. The first-order valence-corrected chi connectivity index (χ1v) is 34.5. The second kappa shape index (κ2) is 10.9. The van der Waals surface area contributed by atoms with Gasteiger partial charge in [0.15, 0.2) is 0 Å². The number of rotatable bonds is 6. The molecular weight excluding hydrogens is 687 g/mol. The van der Waals surface area contributed by atoms with Crippen molar-refractivity contribution in [2.45, 2.75) is 70.3 Å². The number of allylic oxidation sites excluding steroid dienone is 2. The maximum absolute atomic E-state index is 3.80. The predicted molar refractivity (Wildman–Crippen MR) is 185 cm³/mol. The van der Waals surface area contributed by atoms with Gasteiger partial charge in [-0.1, -0.05) is 0 Å². The maximum atomic E-state index is 2.88. The van der Waals surface area contributed by atoms with E-state index in [0.29, 0.717) is 7.35 Å². The minimum absolute atomic E-state index is 0.570. The molecular formula is C40H46HfSi. The Morgan fingerprint density at radius 3 is 1.40 bits per heavy atom. The van der Waals surface area contributed by atoms with Crippen molar-refractivity contribution in [1.29, 1.82) is 0 Å². The summed E-state index contributed by atoms with van der Waals surface area (Å²) in [6, 6.07) is 30.9. The number of hydrogen-bond acceptors (Lipinski definition) is 0. The number of aryl methyl sites for hydroxylation is 4. The Labute approximate surface area is 255 Å². The van der Waals surface area contributed by atoms with Crippen molar-refractivity contribution in [2.24, 2.45) is 0 Å². The summed E-state index contributed by atoms with van der Waals surface area (Å²) in [6.45, 7) is 14.0. The topological polar surface area (TPSA) is 0 Å². The third-order valence-corrected chi connectivity index (χ3v) is 69.2. The van der Waals surface area contributed by atoms with Crippen molar-refractivity contribution < 1.29 is 17.1 Å². The van der Waals surface area contributed by atoms with Gasteiger partial charge in [0.2, 0.25) is 0 Å². The fourth-order valence-corrected chi connectivity index (χ4v) is 65.0. The Balaban J connectivity index is 1.57. The van der Waals surface area contributed by atoms with Crippen LogP contribution in [0.4, 0.5) is 0 Å². The van der Waals surface area contributed by atoms with Crippen LogP contribution >= 0.6 is 0 Å². The fourth-order valence-electron chi connectivity index (χ4n) is 8.74. The van der Waals surface area contributed by atoms with E-state index in [4.69, 9.17) is 0 Å². The standard InChI is InChI=1S/2C17H15.C4H10Si.2CH3.Hf/c2*1-12-9-10-13(2)17(11-12)16-8-4-6-14-5-3-7-15(14)16;1-3-5-4-2;;;/h2*3-11H,1-2H3;3-4H2,1-2H3;2*1H3;. The normalized spacial score (nSPS) is 17.5. The Bertz CT molecular complexity index is 1730. The predicted octanol–water partition coefficient (Wildman–Crippen LogP) is 11.9.